The van der Waals surface area contributed by atoms with E-state index in [0.29, 0.717) is 17.2 Å². The predicted octanol–water partition coefficient (Wildman–Crippen LogP) is 3.19. The summed E-state index contributed by atoms with van der Waals surface area (Å²) in [5, 5.41) is 0. The minimum absolute atomic E-state index is 0.143. The van der Waals surface area contributed by atoms with E-state index in [0.717, 1.165) is 4.47 Å². The molecule has 0 N–H and O–H groups in total. The number of rotatable bonds is 2. The van der Waals surface area contributed by atoms with Crippen molar-refractivity contribution < 1.29 is 19.0 Å². The lowest BCUT2D eigenvalue weighted by Crippen LogP contribution is -2.39. The zero-order chi connectivity index (χ0) is 13.9. The van der Waals surface area contributed by atoms with Gasteiger partial charge in [-0.2, -0.15) is 0 Å². The molecule has 0 spiro atoms. The van der Waals surface area contributed by atoms with Gasteiger partial charge in [-0.25, -0.2) is 4.79 Å². The number of benzene rings is 2. The zero-order valence-electron chi connectivity index (χ0n) is 10.4. The Hall–Kier alpha value is -2.01. The van der Waals surface area contributed by atoms with Gasteiger partial charge in [-0.15, -0.1) is 0 Å². The van der Waals surface area contributed by atoms with Gasteiger partial charge >= 0.3 is 5.97 Å². The summed E-state index contributed by atoms with van der Waals surface area (Å²) in [7, 11) is 0. The van der Waals surface area contributed by atoms with E-state index in [-0.39, 0.29) is 6.61 Å². The quantitative estimate of drug-likeness (QED) is 0.625. The third-order valence-corrected chi connectivity index (χ3v) is 3.28. The first-order valence-electron chi connectivity index (χ1n) is 6.08. The lowest BCUT2D eigenvalue weighted by molar-refractivity contribution is -0.144. The summed E-state index contributed by atoms with van der Waals surface area (Å²) in [6.07, 6.45) is -0.760. The fourth-order valence-electron chi connectivity index (χ4n) is 1.85. The van der Waals surface area contributed by atoms with Gasteiger partial charge in [0.15, 0.2) is 11.5 Å². The van der Waals surface area contributed by atoms with Crippen molar-refractivity contribution >= 4 is 21.9 Å². The molecule has 1 aliphatic heterocycles. The van der Waals surface area contributed by atoms with Crippen LogP contribution < -0.4 is 14.2 Å². The second-order valence-corrected chi connectivity index (χ2v) is 5.16. The molecule has 0 aromatic heterocycles. The molecule has 0 radical (unpaired) electrons. The number of hydrogen-bond donors (Lipinski definition) is 0. The maximum Gasteiger partial charge on any atom is 0.356 e. The monoisotopic (exact) mass is 334 g/mol. The van der Waals surface area contributed by atoms with Crippen LogP contribution >= 0.6 is 15.9 Å². The first-order chi connectivity index (χ1) is 9.72. The highest BCUT2D eigenvalue weighted by Gasteiger charge is 2.29. The Morgan fingerprint density at radius 1 is 1.15 bits per heavy atom. The number of halogens is 1. The van der Waals surface area contributed by atoms with E-state index in [9.17, 15) is 4.79 Å². The van der Waals surface area contributed by atoms with Crippen LogP contribution in [-0.2, 0) is 4.79 Å². The normalized spacial score (nSPS) is 16.6. The summed E-state index contributed by atoms with van der Waals surface area (Å²) in [6, 6.07) is 14.3. The summed E-state index contributed by atoms with van der Waals surface area (Å²) < 4.78 is 17.2. The van der Waals surface area contributed by atoms with E-state index in [4.69, 9.17) is 14.2 Å². The molecular weight excluding hydrogens is 324 g/mol. The highest BCUT2D eigenvalue weighted by atomic mass is 79.9. The number of fused-ring (bicyclic) bond motifs is 1. The molecule has 1 aliphatic rings. The number of ether oxygens (including phenoxy) is 3. The average molecular weight is 335 g/mol. The SMILES string of the molecule is O=C(Oc1cccc(Br)c1)[C@H]1COc2ccccc2O1. The second-order valence-electron chi connectivity index (χ2n) is 4.24. The molecule has 4 nitrogen and oxygen atoms in total. The zero-order valence-corrected chi connectivity index (χ0v) is 12.0. The molecule has 3 rings (SSSR count). The van der Waals surface area contributed by atoms with Gasteiger partial charge in [0.05, 0.1) is 0 Å². The van der Waals surface area contributed by atoms with Gasteiger partial charge in [0.25, 0.3) is 0 Å². The molecule has 0 aliphatic carbocycles. The first-order valence-corrected chi connectivity index (χ1v) is 6.87. The smallest absolute Gasteiger partial charge is 0.356 e. The Morgan fingerprint density at radius 3 is 2.75 bits per heavy atom. The van der Waals surface area contributed by atoms with Crippen LogP contribution in [0.3, 0.4) is 0 Å². The van der Waals surface area contributed by atoms with E-state index in [1.807, 2.05) is 18.2 Å². The fourth-order valence-corrected chi connectivity index (χ4v) is 2.23. The minimum atomic E-state index is -0.760. The van der Waals surface area contributed by atoms with Gasteiger partial charge in [-0.3, -0.25) is 0 Å². The molecule has 102 valence electrons. The molecule has 20 heavy (non-hydrogen) atoms. The lowest BCUT2D eigenvalue weighted by atomic mass is 10.2. The minimum Gasteiger partial charge on any atom is -0.485 e. The summed E-state index contributed by atoms with van der Waals surface area (Å²) in [4.78, 5) is 12.0. The Balaban J connectivity index is 1.70. The second kappa shape index (κ2) is 5.54. The van der Waals surface area contributed by atoms with E-state index in [1.165, 1.54) is 0 Å². The topological polar surface area (TPSA) is 44.8 Å². The Bertz CT molecular complexity index is 641. The third-order valence-electron chi connectivity index (χ3n) is 2.79. The van der Waals surface area contributed by atoms with Gasteiger partial charge in [0.2, 0.25) is 6.10 Å². The molecule has 0 unspecified atom stereocenters. The molecule has 1 heterocycles. The summed E-state index contributed by atoms with van der Waals surface area (Å²) in [6.45, 7) is 0.143. The Kier molecular flexibility index (Phi) is 3.60. The molecule has 5 heteroatoms. The average Bonchev–Trinajstić information content (AvgIpc) is 2.47. The molecule has 0 bridgehead atoms. The van der Waals surface area contributed by atoms with Crippen molar-refractivity contribution in [3.63, 3.8) is 0 Å². The molecule has 2 aromatic rings. The van der Waals surface area contributed by atoms with Crippen molar-refractivity contribution in [1.82, 2.24) is 0 Å². The first kappa shape index (κ1) is 13.0. The molecular formula is C15H11BrO4. The Morgan fingerprint density at radius 2 is 1.95 bits per heavy atom. The maximum absolute atomic E-state index is 12.0. The van der Waals surface area contributed by atoms with E-state index >= 15 is 0 Å². The largest absolute Gasteiger partial charge is 0.485 e. The summed E-state index contributed by atoms with van der Waals surface area (Å²) in [5.74, 6) is 1.18. The highest BCUT2D eigenvalue weighted by Crippen LogP contribution is 2.31. The number of para-hydroxylation sites is 2. The van der Waals surface area contributed by atoms with Crippen molar-refractivity contribution in [3.8, 4) is 17.2 Å². The van der Waals surface area contributed by atoms with E-state index in [1.54, 1.807) is 30.3 Å². The van der Waals surface area contributed by atoms with Gasteiger partial charge in [0.1, 0.15) is 12.4 Å². The molecule has 1 atom stereocenters. The van der Waals surface area contributed by atoms with Crippen LogP contribution in [0, 0.1) is 0 Å². The predicted molar refractivity (Wildman–Crippen MR) is 76.1 cm³/mol. The molecule has 2 aromatic carbocycles. The van der Waals surface area contributed by atoms with Crippen molar-refractivity contribution in [1.29, 1.82) is 0 Å². The van der Waals surface area contributed by atoms with Gasteiger partial charge in [-0.05, 0) is 30.3 Å². The fraction of sp³-hybridized carbons (Fsp3) is 0.133. The summed E-state index contributed by atoms with van der Waals surface area (Å²) in [5.41, 5.74) is 0. The van der Waals surface area contributed by atoms with Crippen molar-refractivity contribution in [2.45, 2.75) is 6.10 Å². The standard InChI is InChI=1S/C15H11BrO4/c16-10-4-3-5-11(8-10)19-15(17)14-9-18-12-6-1-2-7-13(12)20-14/h1-8,14H,9H2/t14-/m1/s1. The van der Waals surface area contributed by atoms with Crippen LogP contribution in [0.4, 0.5) is 0 Å². The molecule has 0 amide bonds. The number of hydrogen-bond acceptors (Lipinski definition) is 4. The van der Waals surface area contributed by atoms with Crippen LogP contribution in [0.1, 0.15) is 0 Å². The number of esters is 1. The maximum atomic E-state index is 12.0. The van der Waals surface area contributed by atoms with Gasteiger partial charge in [-0.1, -0.05) is 34.1 Å². The van der Waals surface area contributed by atoms with Crippen LogP contribution in [0.2, 0.25) is 0 Å². The molecule has 0 fully saturated rings. The van der Waals surface area contributed by atoms with Gasteiger partial charge in [0, 0.05) is 4.47 Å². The van der Waals surface area contributed by atoms with E-state index in [2.05, 4.69) is 15.9 Å². The van der Waals surface area contributed by atoms with E-state index < -0.39 is 12.1 Å². The van der Waals surface area contributed by atoms with Gasteiger partial charge < -0.3 is 14.2 Å². The van der Waals surface area contributed by atoms with Crippen LogP contribution in [0.25, 0.3) is 0 Å². The number of carbonyl (C=O) groups is 1. The molecule has 0 saturated heterocycles. The van der Waals surface area contributed by atoms with Crippen LogP contribution in [0.15, 0.2) is 53.0 Å². The Labute approximate surface area is 124 Å². The van der Waals surface area contributed by atoms with Crippen molar-refractivity contribution in [2.75, 3.05) is 6.61 Å². The molecule has 0 saturated carbocycles. The van der Waals surface area contributed by atoms with Crippen molar-refractivity contribution in [3.05, 3.63) is 53.0 Å². The highest BCUT2D eigenvalue weighted by molar-refractivity contribution is 9.10. The third kappa shape index (κ3) is 2.77. The lowest BCUT2D eigenvalue weighted by Gasteiger charge is -2.24. The van der Waals surface area contributed by atoms with Crippen LogP contribution in [0.5, 0.6) is 17.2 Å². The summed E-state index contributed by atoms with van der Waals surface area (Å²) >= 11 is 3.32. The van der Waals surface area contributed by atoms with Crippen molar-refractivity contribution in [2.24, 2.45) is 0 Å². The number of carbonyl (C=O) groups excluding carboxylic acids is 1. The van der Waals surface area contributed by atoms with Crippen LogP contribution in [-0.4, -0.2) is 18.7 Å².